The molecule has 0 fully saturated rings. The number of hydrogen-bond donors (Lipinski definition) is 3. The first kappa shape index (κ1) is 13.9. The van der Waals surface area contributed by atoms with Gasteiger partial charge in [0.15, 0.2) is 6.04 Å². The lowest BCUT2D eigenvalue weighted by Gasteiger charge is -2.15. The van der Waals surface area contributed by atoms with Gasteiger partial charge in [0, 0.05) is 11.9 Å². The molecule has 2 atom stereocenters. The van der Waals surface area contributed by atoms with Gasteiger partial charge in [0.05, 0.1) is 6.10 Å². The minimum Gasteiger partial charge on any atom is -0.480 e. The van der Waals surface area contributed by atoms with Crippen molar-refractivity contribution in [1.82, 2.24) is 24.9 Å². The van der Waals surface area contributed by atoms with Gasteiger partial charge in [-0.05, 0) is 19.9 Å². The fourth-order valence-corrected chi connectivity index (χ4v) is 1.60. The number of aliphatic hydroxyl groups excluding tert-OH is 1. The predicted molar refractivity (Wildman–Crippen MR) is 66.1 cm³/mol. The molecular formula is C11H13N5O4. The van der Waals surface area contributed by atoms with Gasteiger partial charge in [-0.25, -0.2) is 14.3 Å². The van der Waals surface area contributed by atoms with Crippen LogP contribution in [-0.4, -0.2) is 53.8 Å². The standard InChI is InChI=1S/C11H13N5O4/c1-5-3-4-12-11-14-8(15-16(5)11)9(18)13-7(6(2)17)10(19)20/h3-4,6-7,17H,1-2H3,(H,13,18)(H,19,20)/t6-,7+/m1/s1. The highest BCUT2D eigenvalue weighted by Gasteiger charge is 2.27. The van der Waals surface area contributed by atoms with Crippen LogP contribution in [0.3, 0.4) is 0 Å². The fraction of sp³-hybridized carbons (Fsp3) is 0.364. The number of rotatable bonds is 4. The van der Waals surface area contributed by atoms with Crippen LogP contribution >= 0.6 is 0 Å². The number of carboxylic acid groups (broad SMARTS) is 1. The van der Waals surface area contributed by atoms with E-state index in [0.29, 0.717) is 0 Å². The van der Waals surface area contributed by atoms with E-state index in [2.05, 4.69) is 20.4 Å². The summed E-state index contributed by atoms with van der Waals surface area (Å²) in [4.78, 5) is 30.6. The Morgan fingerprint density at radius 2 is 2.15 bits per heavy atom. The van der Waals surface area contributed by atoms with Gasteiger partial charge in [0.2, 0.25) is 5.82 Å². The van der Waals surface area contributed by atoms with Crippen LogP contribution in [-0.2, 0) is 4.79 Å². The van der Waals surface area contributed by atoms with Gasteiger partial charge < -0.3 is 15.5 Å². The van der Waals surface area contributed by atoms with Gasteiger partial charge in [-0.15, -0.1) is 5.10 Å². The molecule has 2 aromatic heterocycles. The molecule has 106 valence electrons. The molecular weight excluding hydrogens is 266 g/mol. The number of carbonyl (C=O) groups excluding carboxylic acids is 1. The molecule has 2 heterocycles. The molecule has 0 aromatic carbocycles. The molecule has 2 rings (SSSR count). The number of nitrogens with zero attached hydrogens (tertiary/aromatic N) is 4. The van der Waals surface area contributed by atoms with Gasteiger partial charge in [-0.2, -0.15) is 4.98 Å². The van der Waals surface area contributed by atoms with Crippen molar-refractivity contribution < 1.29 is 19.8 Å². The first-order valence-electron chi connectivity index (χ1n) is 5.80. The monoisotopic (exact) mass is 279 g/mol. The Bertz CT molecular complexity index is 666. The summed E-state index contributed by atoms with van der Waals surface area (Å²) in [5, 5.41) is 24.3. The summed E-state index contributed by atoms with van der Waals surface area (Å²) in [7, 11) is 0. The highest BCUT2D eigenvalue weighted by atomic mass is 16.4. The van der Waals surface area contributed by atoms with E-state index in [9.17, 15) is 14.7 Å². The molecule has 9 nitrogen and oxygen atoms in total. The van der Waals surface area contributed by atoms with Crippen molar-refractivity contribution in [2.24, 2.45) is 0 Å². The van der Waals surface area contributed by atoms with Crippen LogP contribution in [0.2, 0.25) is 0 Å². The van der Waals surface area contributed by atoms with Gasteiger partial charge in [-0.3, -0.25) is 4.79 Å². The predicted octanol–water partition coefficient (Wildman–Crippen LogP) is -1.00. The summed E-state index contributed by atoms with van der Waals surface area (Å²) in [6, 6.07) is 0.266. The lowest BCUT2D eigenvalue weighted by atomic mass is 10.2. The van der Waals surface area contributed by atoms with E-state index >= 15 is 0 Å². The van der Waals surface area contributed by atoms with E-state index < -0.39 is 24.0 Å². The molecule has 0 unspecified atom stereocenters. The van der Waals surface area contributed by atoms with E-state index in [4.69, 9.17) is 5.11 Å². The Balaban J connectivity index is 2.27. The van der Waals surface area contributed by atoms with E-state index in [0.717, 1.165) is 5.69 Å². The zero-order valence-electron chi connectivity index (χ0n) is 10.8. The third-order valence-corrected chi connectivity index (χ3v) is 2.67. The molecule has 3 N–H and O–H groups in total. The van der Waals surface area contributed by atoms with Crippen molar-refractivity contribution >= 4 is 17.7 Å². The zero-order valence-corrected chi connectivity index (χ0v) is 10.8. The van der Waals surface area contributed by atoms with Crippen LogP contribution in [0.5, 0.6) is 0 Å². The SMILES string of the molecule is Cc1ccnc2nc(C(=O)N[C@H](C(=O)O)[C@@H](C)O)nn12. The third kappa shape index (κ3) is 2.57. The maximum atomic E-state index is 11.9. The molecule has 0 radical (unpaired) electrons. The molecule has 0 aliphatic carbocycles. The number of nitrogens with one attached hydrogen (secondary N) is 1. The second kappa shape index (κ2) is 5.21. The third-order valence-electron chi connectivity index (χ3n) is 2.67. The number of aryl methyl sites for hydroxylation is 1. The number of aromatic nitrogens is 4. The Morgan fingerprint density at radius 1 is 1.45 bits per heavy atom. The van der Waals surface area contributed by atoms with E-state index in [1.807, 2.05) is 0 Å². The summed E-state index contributed by atoms with van der Waals surface area (Å²) >= 11 is 0. The number of amides is 1. The molecule has 0 saturated carbocycles. The maximum Gasteiger partial charge on any atom is 0.328 e. The van der Waals surface area contributed by atoms with Crippen LogP contribution in [0.25, 0.3) is 5.78 Å². The molecule has 9 heteroatoms. The van der Waals surface area contributed by atoms with Crippen molar-refractivity contribution in [2.75, 3.05) is 0 Å². The van der Waals surface area contributed by atoms with Crippen LogP contribution in [0, 0.1) is 6.92 Å². The number of hydrogen-bond acceptors (Lipinski definition) is 6. The molecule has 2 aromatic rings. The number of aliphatic hydroxyl groups is 1. The first-order valence-corrected chi connectivity index (χ1v) is 5.80. The average Bonchev–Trinajstić information content (AvgIpc) is 2.80. The first-order chi connectivity index (χ1) is 9.40. The second-order valence-corrected chi connectivity index (χ2v) is 4.26. The lowest BCUT2D eigenvalue weighted by molar-refractivity contribution is -0.141. The zero-order chi connectivity index (χ0) is 14.9. The fourth-order valence-electron chi connectivity index (χ4n) is 1.60. The van der Waals surface area contributed by atoms with Crippen LogP contribution < -0.4 is 5.32 Å². The maximum absolute atomic E-state index is 11.9. The van der Waals surface area contributed by atoms with Crippen LogP contribution in [0.15, 0.2) is 12.3 Å². The molecule has 0 aliphatic rings. The van der Waals surface area contributed by atoms with Gasteiger partial charge in [0.25, 0.3) is 11.7 Å². The highest BCUT2D eigenvalue weighted by Crippen LogP contribution is 2.03. The minimum atomic E-state index is -1.43. The van der Waals surface area contributed by atoms with Crippen LogP contribution in [0.1, 0.15) is 23.2 Å². The van der Waals surface area contributed by atoms with Crippen molar-refractivity contribution in [3.8, 4) is 0 Å². The highest BCUT2D eigenvalue weighted by molar-refractivity contribution is 5.93. The number of aliphatic carboxylic acids is 1. The Morgan fingerprint density at radius 3 is 2.70 bits per heavy atom. The van der Waals surface area contributed by atoms with Crippen molar-refractivity contribution in [3.05, 3.63) is 23.8 Å². The quantitative estimate of drug-likeness (QED) is 0.654. The summed E-state index contributed by atoms with van der Waals surface area (Å²) in [5.74, 6) is -2.10. The second-order valence-electron chi connectivity index (χ2n) is 4.26. The summed E-state index contributed by atoms with van der Waals surface area (Å²) in [6.07, 6.45) is 0.282. The van der Waals surface area contributed by atoms with E-state index in [1.54, 1.807) is 13.0 Å². The Hall–Kier alpha value is -2.55. The lowest BCUT2D eigenvalue weighted by Crippen LogP contribution is -2.47. The van der Waals surface area contributed by atoms with Crippen molar-refractivity contribution in [3.63, 3.8) is 0 Å². The molecule has 20 heavy (non-hydrogen) atoms. The largest absolute Gasteiger partial charge is 0.480 e. The molecule has 0 bridgehead atoms. The Labute approximate surface area is 113 Å². The molecule has 1 amide bonds. The minimum absolute atomic E-state index is 0.210. The number of fused-ring (bicyclic) bond motifs is 1. The van der Waals surface area contributed by atoms with Gasteiger partial charge in [-0.1, -0.05) is 0 Å². The number of carbonyl (C=O) groups is 2. The van der Waals surface area contributed by atoms with Gasteiger partial charge >= 0.3 is 5.97 Å². The topological polar surface area (TPSA) is 130 Å². The van der Waals surface area contributed by atoms with Crippen molar-refractivity contribution in [2.45, 2.75) is 26.0 Å². The van der Waals surface area contributed by atoms with Gasteiger partial charge in [0.1, 0.15) is 0 Å². The Kier molecular flexibility index (Phi) is 3.61. The van der Waals surface area contributed by atoms with E-state index in [-0.39, 0.29) is 11.6 Å². The number of carboxylic acids is 1. The molecule has 0 saturated heterocycles. The van der Waals surface area contributed by atoms with E-state index in [1.165, 1.54) is 17.6 Å². The van der Waals surface area contributed by atoms with Crippen LogP contribution in [0.4, 0.5) is 0 Å². The van der Waals surface area contributed by atoms with Crippen molar-refractivity contribution in [1.29, 1.82) is 0 Å². The normalized spacial score (nSPS) is 13.9. The summed E-state index contributed by atoms with van der Waals surface area (Å²) in [6.45, 7) is 3.03. The smallest absolute Gasteiger partial charge is 0.328 e. The summed E-state index contributed by atoms with van der Waals surface area (Å²) < 4.78 is 1.37. The average molecular weight is 279 g/mol. The summed E-state index contributed by atoms with van der Waals surface area (Å²) in [5.41, 5.74) is 0.729. The molecule has 0 aliphatic heterocycles. The molecule has 0 spiro atoms.